The summed E-state index contributed by atoms with van der Waals surface area (Å²) >= 11 is 0. The first-order valence-corrected chi connectivity index (χ1v) is 6.88. The standard InChI is InChI=1S/C18H16O4/c1-11-4-6-15-13(8-11)14(10-22-15)18(19)12-5-7-16(20-2)17(9-12)21-3/h4-10H,1-3H3. The number of carbonyl (C=O) groups excluding carboxylic acids is 1. The quantitative estimate of drug-likeness (QED) is 0.683. The predicted octanol–water partition coefficient (Wildman–Crippen LogP) is 3.99. The molecular weight excluding hydrogens is 280 g/mol. The monoisotopic (exact) mass is 296 g/mol. The highest BCUT2D eigenvalue weighted by molar-refractivity contribution is 6.16. The number of furan rings is 1. The molecule has 0 atom stereocenters. The molecule has 0 bridgehead atoms. The molecule has 0 fully saturated rings. The lowest BCUT2D eigenvalue weighted by Crippen LogP contribution is -2.01. The second-order valence-electron chi connectivity index (χ2n) is 5.05. The van der Waals surface area contributed by atoms with Gasteiger partial charge in [0, 0.05) is 10.9 Å². The van der Waals surface area contributed by atoms with E-state index < -0.39 is 0 Å². The lowest BCUT2D eigenvalue weighted by molar-refractivity contribution is 0.103. The second kappa shape index (κ2) is 5.56. The smallest absolute Gasteiger partial charge is 0.197 e. The van der Waals surface area contributed by atoms with Crippen LogP contribution in [0.15, 0.2) is 47.1 Å². The molecule has 0 spiro atoms. The van der Waals surface area contributed by atoms with Crippen molar-refractivity contribution in [2.75, 3.05) is 14.2 Å². The van der Waals surface area contributed by atoms with Gasteiger partial charge in [0.15, 0.2) is 17.3 Å². The highest BCUT2D eigenvalue weighted by atomic mass is 16.5. The minimum atomic E-state index is -0.106. The number of aryl methyl sites for hydroxylation is 1. The summed E-state index contributed by atoms with van der Waals surface area (Å²) < 4.78 is 15.9. The number of benzene rings is 2. The molecule has 3 rings (SSSR count). The Hall–Kier alpha value is -2.75. The highest BCUT2D eigenvalue weighted by Crippen LogP contribution is 2.30. The maximum absolute atomic E-state index is 12.7. The summed E-state index contributed by atoms with van der Waals surface area (Å²) in [5, 5.41) is 0.819. The van der Waals surface area contributed by atoms with E-state index in [-0.39, 0.29) is 5.78 Å². The Labute approximate surface area is 128 Å². The predicted molar refractivity (Wildman–Crippen MR) is 83.9 cm³/mol. The number of ether oxygens (including phenoxy) is 2. The van der Waals surface area contributed by atoms with Crippen LogP contribution in [0.4, 0.5) is 0 Å². The third-order valence-electron chi connectivity index (χ3n) is 3.62. The zero-order chi connectivity index (χ0) is 15.7. The van der Waals surface area contributed by atoms with Crippen molar-refractivity contribution in [2.45, 2.75) is 6.92 Å². The van der Waals surface area contributed by atoms with Crippen molar-refractivity contribution in [3.05, 3.63) is 59.4 Å². The Balaban J connectivity index is 2.08. The van der Waals surface area contributed by atoms with Crippen LogP contribution in [0.3, 0.4) is 0 Å². The van der Waals surface area contributed by atoms with Crippen molar-refractivity contribution < 1.29 is 18.7 Å². The van der Waals surface area contributed by atoms with E-state index in [1.54, 1.807) is 32.4 Å². The average Bonchev–Trinajstić information content (AvgIpc) is 2.96. The lowest BCUT2D eigenvalue weighted by Gasteiger charge is -2.08. The van der Waals surface area contributed by atoms with Crippen molar-refractivity contribution >= 4 is 16.8 Å². The molecule has 4 heteroatoms. The zero-order valence-electron chi connectivity index (χ0n) is 12.7. The van der Waals surface area contributed by atoms with Gasteiger partial charge in [0.2, 0.25) is 0 Å². The third-order valence-corrected chi connectivity index (χ3v) is 3.62. The van der Waals surface area contributed by atoms with E-state index in [4.69, 9.17) is 13.9 Å². The first-order chi connectivity index (χ1) is 10.6. The van der Waals surface area contributed by atoms with E-state index in [1.165, 1.54) is 6.26 Å². The number of rotatable bonds is 4. The van der Waals surface area contributed by atoms with E-state index in [2.05, 4.69) is 0 Å². The first-order valence-electron chi connectivity index (χ1n) is 6.88. The van der Waals surface area contributed by atoms with E-state index in [0.29, 0.717) is 28.2 Å². The van der Waals surface area contributed by atoms with Gasteiger partial charge in [-0.05, 0) is 37.3 Å². The van der Waals surface area contributed by atoms with Gasteiger partial charge in [-0.2, -0.15) is 0 Å². The van der Waals surface area contributed by atoms with Crippen LogP contribution in [-0.4, -0.2) is 20.0 Å². The number of fused-ring (bicyclic) bond motifs is 1. The minimum Gasteiger partial charge on any atom is -0.493 e. The Morgan fingerprint density at radius 3 is 2.50 bits per heavy atom. The van der Waals surface area contributed by atoms with Crippen molar-refractivity contribution in [2.24, 2.45) is 0 Å². The maximum atomic E-state index is 12.7. The minimum absolute atomic E-state index is 0.106. The number of ketones is 1. The van der Waals surface area contributed by atoms with Gasteiger partial charge in [0.25, 0.3) is 0 Å². The number of hydrogen-bond acceptors (Lipinski definition) is 4. The fourth-order valence-electron chi connectivity index (χ4n) is 2.45. The summed E-state index contributed by atoms with van der Waals surface area (Å²) in [6.45, 7) is 1.98. The molecular formula is C18H16O4. The first kappa shape index (κ1) is 14.2. The van der Waals surface area contributed by atoms with Crippen LogP contribution in [-0.2, 0) is 0 Å². The molecule has 3 aromatic rings. The van der Waals surface area contributed by atoms with Crippen LogP contribution in [0.5, 0.6) is 11.5 Å². The van der Waals surface area contributed by atoms with Crippen molar-refractivity contribution in [3.63, 3.8) is 0 Å². The van der Waals surface area contributed by atoms with Crippen molar-refractivity contribution in [1.29, 1.82) is 0 Å². The molecule has 1 heterocycles. The zero-order valence-corrected chi connectivity index (χ0v) is 12.7. The van der Waals surface area contributed by atoms with E-state index >= 15 is 0 Å². The van der Waals surface area contributed by atoms with Gasteiger partial charge in [-0.15, -0.1) is 0 Å². The molecule has 112 valence electrons. The highest BCUT2D eigenvalue weighted by Gasteiger charge is 2.17. The molecule has 0 N–H and O–H groups in total. The van der Waals surface area contributed by atoms with Gasteiger partial charge in [-0.3, -0.25) is 4.79 Å². The largest absolute Gasteiger partial charge is 0.493 e. The Bertz CT molecular complexity index is 845. The van der Waals surface area contributed by atoms with Crippen molar-refractivity contribution in [3.8, 4) is 11.5 Å². The number of carbonyl (C=O) groups is 1. The van der Waals surface area contributed by atoms with Crippen LogP contribution in [0.1, 0.15) is 21.5 Å². The van der Waals surface area contributed by atoms with Crippen LogP contribution < -0.4 is 9.47 Å². The summed E-state index contributed by atoms with van der Waals surface area (Å²) in [5.74, 6) is 1.01. The maximum Gasteiger partial charge on any atom is 0.197 e. The van der Waals surface area contributed by atoms with E-state index in [9.17, 15) is 4.79 Å². The molecule has 0 radical (unpaired) electrons. The third kappa shape index (κ3) is 2.33. The molecule has 0 saturated heterocycles. The molecule has 0 aliphatic carbocycles. The molecule has 4 nitrogen and oxygen atoms in total. The summed E-state index contributed by atoms with van der Waals surface area (Å²) in [5.41, 5.74) is 2.86. The summed E-state index contributed by atoms with van der Waals surface area (Å²) in [4.78, 5) is 12.7. The molecule has 22 heavy (non-hydrogen) atoms. The lowest BCUT2D eigenvalue weighted by atomic mass is 10.0. The molecule has 0 amide bonds. The fourth-order valence-corrected chi connectivity index (χ4v) is 2.45. The van der Waals surface area contributed by atoms with Gasteiger partial charge >= 0.3 is 0 Å². The Morgan fingerprint density at radius 2 is 1.77 bits per heavy atom. The molecule has 2 aromatic carbocycles. The summed E-state index contributed by atoms with van der Waals surface area (Å²) in [6.07, 6.45) is 1.50. The second-order valence-corrected chi connectivity index (χ2v) is 5.05. The summed E-state index contributed by atoms with van der Waals surface area (Å²) in [6, 6.07) is 10.9. The van der Waals surface area contributed by atoms with E-state index in [0.717, 1.165) is 10.9 Å². The van der Waals surface area contributed by atoms with Crippen LogP contribution in [0.2, 0.25) is 0 Å². The van der Waals surface area contributed by atoms with Gasteiger partial charge < -0.3 is 13.9 Å². The van der Waals surface area contributed by atoms with E-state index in [1.807, 2.05) is 25.1 Å². The normalized spacial score (nSPS) is 10.7. The number of methoxy groups -OCH3 is 2. The van der Waals surface area contributed by atoms with Gasteiger partial charge in [0.05, 0.1) is 19.8 Å². The molecule has 0 aliphatic rings. The Morgan fingerprint density at radius 1 is 1.00 bits per heavy atom. The topological polar surface area (TPSA) is 48.7 Å². The molecule has 1 aromatic heterocycles. The fraction of sp³-hybridized carbons (Fsp3) is 0.167. The van der Waals surface area contributed by atoms with Crippen LogP contribution in [0, 0.1) is 6.92 Å². The average molecular weight is 296 g/mol. The summed E-state index contributed by atoms with van der Waals surface area (Å²) in [7, 11) is 3.11. The molecule has 0 aliphatic heterocycles. The molecule has 0 unspecified atom stereocenters. The van der Waals surface area contributed by atoms with Gasteiger partial charge in [-0.1, -0.05) is 11.6 Å². The van der Waals surface area contributed by atoms with Crippen molar-refractivity contribution in [1.82, 2.24) is 0 Å². The van der Waals surface area contributed by atoms with Gasteiger partial charge in [0.1, 0.15) is 11.8 Å². The SMILES string of the molecule is COc1ccc(C(=O)c2coc3ccc(C)cc23)cc1OC. The Kier molecular flexibility index (Phi) is 3.59. The van der Waals surface area contributed by atoms with Crippen LogP contribution in [0.25, 0.3) is 11.0 Å². The van der Waals surface area contributed by atoms with Gasteiger partial charge in [-0.25, -0.2) is 0 Å². The number of hydrogen-bond donors (Lipinski definition) is 0. The molecule has 0 saturated carbocycles. The van der Waals surface area contributed by atoms with Crippen LogP contribution >= 0.6 is 0 Å².